The summed E-state index contributed by atoms with van der Waals surface area (Å²) in [6, 6.07) is 3.99. The zero-order valence-electron chi connectivity index (χ0n) is 10.6. The number of likely N-dealkylation sites (N-methyl/N-ethyl adjacent to an activating group) is 1. The van der Waals surface area contributed by atoms with E-state index in [1.165, 1.54) is 5.56 Å². The molecule has 0 saturated heterocycles. The molecule has 0 aliphatic heterocycles. The highest BCUT2D eigenvalue weighted by molar-refractivity contribution is 5.24. The Morgan fingerprint density at radius 3 is 2.69 bits per heavy atom. The molecule has 0 aliphatic carbocycles. The number of rotatable bonds is 6. The Morgan fingerprint density at radius 2 is 2.12 bits per heavy atom. The summed E-state index contributed by atoms with van der Waals surface area (Å²) in [6.45, 7) is 4.42. The number of ether oxygens (including phenoxy) is 1. The fourth-order valence-corrected chi connectivity index (χ4v) is 1.36. The molecule has 0 aliphatic rings. The summed E-state index contributed by atoms with van der Waals surface area (Å²) in [5.41, 5.74) is 2.24. The highest BCUT2D eigenvalue weighted by atomic mass is 16.5. The third-order valence-corrected chi connectivity index (χ3v) is 2.33. The highest BCUT2D eigenvalue weighted by Crippen LogP contribution is 2.12. The van der Waals surface area contributed by atoms with E-state index in [1.807, 2.05) is 34.1 Å². The van der Waals surface area contributed by atoms with E-state index in [9.17, 15) is 0 Å². The molecule has 16 heavy (non-hydrogen) atoms. The molecule has 0 fully saturated rings. The first-order valence-electron chi connectivity index (χ1n) is 5.52. The van der Waals surface area contributed by atoms with Gasteiger partial charge in [-0.2, -0.15) is 0 Å². The van der Waals surface area contributed by atoms with Crippen molar-refractivity contribution in [3.8, 4) is 5.88 Å². The summed E-state index contributed by atoms with van der Waals surface area (Å²) < 4.78 is 5.56. The van der Waals surface area contributed by atoms with Crippen LogP contribution in [-0.4, -0.2) is 44.2 Å². The molecular weight excluding hydrogens is 202 g/mol. The minimum absolute atomic E-state index is 0.671. The molecule has 1 aromatic heterocycles. The highest BCUT2D eigenvalue weighted by Gasteiger charge is 2.01. The molecule has 4 nitrogen and oxygen atoms in total. The van der Waals surface area contributed by atoms with Gasteiger partial charge in [-0.05, 0) is 33.6 Å². The number of nitrogens with zero attached hydrogens (tertiary/aromatic N) is 2. The zero-order valence-corrected chi connectivity index (χ0v) is 10.6. The van der Waals surface area contributed by atoms with Crippen molar-refractivity contribution in [3.63, 3.8) is 0 Å². The van der Waals surface area contributed by atoms with Crippen LogP contribution in [0.15, 0.2) is 12.1 Å². The number of aromatic nitrogens is 1. The fraction of sp³-hybridized carbons (Fsp3) is 0.583. The maximum atomic E-state index is 5.56. The fourth-order valence-electron chi connectivity index (χ4n) is 1.36. The van der Waals surface area contributed by atoms with Gasteiger partial charge in [-0.25, -0.2) is 4.98 Å². The van der Waals surface area contributed by atoms with E-state index in [1.54, 1.807) is 0 Å². The summed E-state index contributed by atoms with van der Waals surface area (Å²) in [6.07, 6.45) is 0. The van der Waals surface area contributed by atoms with Crippen molar-refractivity contribution in [1.29, 1.82) is 0 Å². The predicted octanol–water partition coefficient (Wildman–Crippen LogP) is 1.05. The topological polar surface area (TPSA) is 37.4 Å². The molecule has 1 N–H and O–H groups in total. The van der Waals surface area contributed by atoms with Crippen LogP contribution in [0.4, 0.5) is 0 Å². The molecule has 1 heterocycles. The van der Waals surface area contributed by atoms with Crippen LogP contribution >= 0.6 is 0 Å². The van der Waals surface area contributed by atoms with Crippen LogP contribution in [0.2, 0.25) is 0 Å². The summed E-state index contributed by atoms with van der Waals surface area (Å²) >= 11 is 0. The minimum atomic E-state index is 0.671. The molecule has 0 amide bonds. The Labute approximate surface area is 97.6 Å². The monoisotopic (exact) mass is 223 g/mol. The molecule has 0 spiro atoms. The van der Waals surface area contributed by atoms with E-state index >= 15 is 0 Å². The molecular formula is C12H21N3O. The number of hydrogen-bond donors (Lipinski definition) is 1. The standard InChI is InChI=1S/C12H21N3O/c1-10-11(9-13-2)5-6-12(14-10)16-8-7-15(3)4/h5-6,13H,7-9H2,1-4H3. The first-order chi connectivity index (χ1) is 7.63. The van der Waals surface area contributed by atoms with Crippen molar-refractivity contribution in [2.75, 3.05) is 34.3 Å². The summed E-state index contributed by atoms with van der Waals surface area (Å²) in [7, 11) is 5.98. The van der Waals surface area contributed by atoms with E-state index in [0.717, 1.165) is 18.8 Å². The Bertz CT molecular complexity index is 326. The molecule has 0 saturated carbocycles. The van der Waals surface area contributed by atoms with Gasteiger partial charge >= 0.3 is 0 Å². The molecule has 0 aromatic carbocycles. The van der Waals surface area contributed by atoms with Crippen molar-refractivity contribution in [3.05, 3.63) is 23.4 Å². The SMILES string of the molecule is CNCc1ccc(OCCN(C)C)nc1C. The van der Waals surface area contributed by atoms with E-state index < -0.39 is 0 Å². The van der Waals surface area contributed by atoms with E-state index in [0.29, 0.717) is 12.5 Å². The second kappa shape index (κ2) is 6.45. The smallest absolute Gasteiger partial charge is 0.213 e. The van der Waals surface area contributed by atoms with Crippen LogP contribution in [0, 0.1) is 6.92 Å². The Balaban J connectivity index is 2.52. The second-order valence-corrected chi connectivity index (χ2v) is 4.08. The molecule has 0 radical (unpaired) electrons. The number of pyridine rings is 1. The Kier molecular flexibility index (Phi) is 5.22. The molecule has 0 bridgehead atoms. The lowest BCUT2D eigenvalue weighted by atomic mass is 10.2. The van der Waals surface area contributed by atoms with Crippen LogP contribution in [0.5, 0.6) is 5.88 Å². The van der Waals surface area contributed by atoms with Gasteiger partial charge in [-0.15, -0.1) is 0 Å². The van der Waals surface area contributed by atoms with Gasteiger partial charge in [-0.3, -0.25) is 0 Å². The van der Waals surface area contributed by atoms with Gasteiger partial charge in [0.1, 0.15) is 6.61 Å². The summed E-state index contributed by atoms with van der Waals surface area (Å²) in [5.74, 6) is 0.708. The number of nitrogens with one attached hydrogen (secondary N) is 1. The van der Waals surface area contributed by atoms with Crippen molar-refractivity contribution in [2.45, 2.75) is 13.5 Å². The molecule has 4 heteroatoms. The molecule has 1 aromatic rings. The van der Waals surface area contributed by atoms with Crippen molar-refractivity contribution in [2.24, 2.45) is 0 Å². The van der Waals surface area contributed by atoms with E-state index in [2.05, 4.69) is 21.3 Å². The maximum Gasteiger partial charge on any atom is 0.213 e. The predicted molar refractivity (Wildman–Crippen MR) is 65.8 cm³/mol. The lowest BCUT2D eigenvalue weighted by molar-refractivity contribution is 0.253. The maximum absolute atomic E-state index is 5.56. The quantitative estimate of drug-likeness (QED) is 0.782. The Hall–Kier alpha value is -1.13. The van der Waals surface area contributed by atoms with E-state index in [4.69, 9.17) is 4.74 Å². The third kappa shape index (κ3) is 4.16. The van der Waals surface area contributed by atoms with Gasteiger partial charge in [0.25, 0.3) is 0 Å². The third-order valence-electron chi connectivity index (χ3n) is 2.33. The van der Waals surface area contributed by atoms with Crippen LogP contribution in [-0.2, 0) is 6.54 Å². The van der Waals surface area contributed by atoms with Gasteiger partial charge < -0.3 is 15.0 Å². The summed E-state index contributed by atoms with van der Waals surface area (Å²) in [5, 5.41) is 3.11. The van der Waals surface area contributed by atoms with Gasteiger partial charge in [0.2, 0.25) is 5.88 Å². The minimum Gasteiger partial charge on any atom is -0.476 e. The molecule has 0 atom stereocenters. The molecule has 1 rings (SSSR count). The number of aryl methyl sites for hydroxylation is 1. The Morgan fingerprint density at radius 1 is 1.38 bits per heavy atom. The number of hydrogen-bond acceptors (Lipinski definition) is 4. The van der Waals surface area contributed by atoms with Crippen molar-refractivity contribution < 1.29 is 4.74 Å². The molecule has 0 unspecified atom stereocenters. The van der Waals surface area contributed by atoms with Gasteiger partial charge in [-0.1, -0.05) is 6.07 Å². The lowest BCUT2D eigenvalue weighted by Crippen LogP contribution is -2.19. The van der Waals surface area contributed by atoms with Crippen LogP contribution in [0.1, 0.15) is 11.3 Å². The lowest BCUT2D eigenvalue weighted by Gasteiger charge is -2.11. The first kappa shape index (κ1) is 12.9. The van der Waals surface area contributed by atoms with Crippen molar-refractivity contribution >= 4 is 0 Å². The van der Waals surface area contributed by atoms with Gasteiger partial charge in [0.15, 0.2) is 0 Å². The van der Waals surface area contributed by atoms with Crippen molar-refractivity contribution in [1.82, 2.24) is 15.2 Å². The van der Waals surface area contributed by atoms with Gasteiger partial charge in [0, 0.05) is 24.8 Å². The first-order valence-corrected chi connectivity index (χ1v) is 5.52. The largest absolute Gasteiger partial charge is 0.476 e. The van der Waals surface area contributed by atoms with Gasteiger partial charge in [0.05, 0.1) is 0 Å². The molecule has 90 valence electrons. The van der Waals surface area contributed by atoms with Crippen LogP contribution < -0.4 is 10.1 Å². The second-order valence-electron chi connectivity index (χ2n) is 4.08. The summed E-state index contributed by atoms with van der Waals surface area (Å²) in [4.78, 5) is 6.49. The zero-order chi connectivity index (χ0) is 12.0. The van der Waals surface area contributed by atoms with E-state index in [-0.39, 0.29) is 0 Å². The van der Waals surface area contributed by atoms with Crippen LogP contribution in [0.25, 0.3) is 0 Å². The average molecular weight is 223 g/mol. The van der Waals surface area contributed by atoms with Crippen LogP contribution in [0.3, 0.4) is 0 Å². The normalized spacial score (nSPS) is 10.8. The average Bonchev–Trinajstić information content (AvgIpc) is 2.21.